The molecule has 4 nitrogen and oxygen atoms in total. The van der Waals surface area contributed by atoms with E-state index in [4.69, 9.17) is 5.84 Å². The predicted octanol–water partition coefficient (Wildman–Crippen LogP) is 2.80. The number of pyridine rings is 2. The number of benzene rings is 1. The van der Waals surface area contributed by atoms with Crippen LogP contribution in [0.15, 0.2) is 48.9 Å². The van der Waals surface area contributed by atoms with Crippen LogP contribution in [0.4, 0.5) is 0 Å². The van der Waals surface area contributed by atoms with Crippen molar-refractivity contribution in [2.45, 2.75) is 19.9 Å². The molecule has 0 aliphatic carbocycles. The molecule has 0 saturated carbocycles. The molecular weight excluding hydrogens is 260 g/mol. The Morgan fingerprint density at radius 3 is 2.76 bits per heavy atom. The summed E-state index contributed by atoms with van der Waals surface area (Å²) >= 11 is 0. The number of nitrogens with zero attached hydrogens (tertiary/aromatic N) is 2. The highest BCUT2D eigenvalue weighted by molar-refractivity contribution is 5.85. The monoisotopic (exact) mass is 278 g/mol. The third-order valence-electron chi connectivity index (χ3n) is 3.72. The molecule has 2 aromatic heterocycles. The Hall–Kier alpha value is -2.30. The molecule has 106 valence electrons. The van der Waals surface area contributed by atoms with Gasteiger partial charge in [-0.15, -0.1) is 0 Å². The van der Waals surface area contributed by atoms with E-state index in [-0.39, 0.29) is 6.04 Å². The average molecular weight is 278 g/mol. The van der Waals surface area contributed by atoms with Crippen LogP contribution in [0, 0.1) is 13.8 Å². The summed E-state index contributed by atoms with van der Waals surface area (Å²) in [5.74, 6) is 5.83. The summed E-state index contributed by atoms with van der Waals surface area (Å²) in [6.07, 6.45) is 5.54. The van der Waals surface area contributed by atoms with E-state index in [0.717, 1.165) is 33.2 Å². The SMILES string of the molecule is Cc1cnc(C(NN)c2cccc3cnccc23)c(C)c1. The molecule has 0 amide bonds. The third-order valence-corrected chi connectivity index (χ3v) is 3.72. The molecule has 3 rings (SSSR count). The Balaban J connectivity index is 2.18. The van der Waals surface area contributed by atoms with Crippen molar-refractivity contribution in [3.63, 3.8) is 0 Å². The van der Waals surface area contributed by atoms with Gasteiger partial charge in [-0.3, -0.25) is 15.8 Å². The largest absolute Gasteiger partial charge is 0.271 e. The molecule has 1 aromatic carbocycles. The average Bonchev–Trinajstić information content (AvgIpc) is 2.50. The number of rotatable bonds is 3. The van der Waals surface area contributed by atoms with Crippen LogP contribution in [-0.4, -0.2) is 9.97 Å². The first-order valence-corrected chi connectivity index (χ1v) is 6.92. The zero-order chi connectivity index (χ0) is 14.8. The maximum absolute atomic E-state index is 5.83. The summed E-state index contributed by atoms with van der Waals surface area (Å²) < 4.78 is 0. The molecule has 0 bridgehead atoms. The molecule has 2 heterocycles. The number of nitrogens with two attached hydrogens (primary N) is 1. The molecule has 1 atom stereocenters. The van der Waals surface area contributed by atoms with Crippen LogP contribution in [0.5, 0.6) is 0 Å². The molecule has 21 heavy (non-hydrogen) atoms. The van der Waals surface area contributed by atoms with E-state index in [1.165, 1.54) is 0 Å². The van der Waals surface area contributed by atoms with Gasteiger partial charge in [0.15, 0.2) is 0 Å². The number of aryl methyl sites for hydroxylation is 2. The van der Waals surface area contributed by atoms with Gasteiger partial charge in [-0.1, -0.05) is 24.3 Å². The van der Waals surface area contributed by atoms with Gasteiger partial charge in [-0.05, 0) is 42.0 Å². The zero-order valence-corrected chi connectivity index (χ0v) is 12.2. The van der Waals surface area contributed by atoms with Crippen molar-refractivity contribution < 1.29 is 0 Å². The zero-order valence-electron chi connectivity index (χ0n) is 12.2. The standard InChI is InChI=1S/C17H18N4/c1-11-8-12(2)16(20-9-11)17(21-18)15-5-3-4-13-10-19-7-6-14(13)15/h3-10,17,21H,18H2,1-2H3. The van der Waals surface area contributed by atoms with Crippen LogP contribution >= 0.6 is 0 Å². The molecule has 0 saturated heterocycles. The number of hydrogen-bond donors (Lipinski definition) is 2. The molecule has 3 aromatic rings. The second kappa shape index (κ2) is 5.60. The van der Waals surface area contributed by atoms with Gasteiger partial charge in [0.05, 0.1) is 11.7 Å². The molecule has 0 spiro atoms. The minimum atomic E-state index is -0.142. The summed E-state index contributed by atoms with van der Waals surface area (Å²) in [7, 11) is 0. The van der Waals surface area contributed by atoms with Crippen LogP contribution in [-0.2, 0) is 0 Å². The number of aromatic nitrogens is 2. The summed E-state index contributed by atoms with van der Waals surface area (Å²) in [4.78, 5) is 8.75. The van der Waals surface area contributed by atoms with E-state index < -0.39 is 0 Å². The summed E-state index contributed by atoms with van der Waals surface area (Å²) in [6, 6.07) is 10.1. The highest BCUT2D eigenvalue weighted by Gasteiger charge is 2.18. The van der Waals surface area contributed by atoms with Crippen LogP contribution in [0.25, 0.3) is 10.8 Å². The molecule has 1 unspecified atom stereocenters. The van der Waals surface area contributed by atoms with Crippen LogP contribution in [0.3, 0.4) is 0 Å². The van der Waals surface area contributed by atoms with Gasteiger partial charge in [0.25, 0.3) is 0 Å². The summed E-state index contributed by atoms with van der Waals surface area (Å²) in [5.41, 5.74) is 7.24. The lowest BCUT2D eigenvalue weighted by Crippen LogP contribution is -2.30. The predicted molar refractivity (Wildman–Crippen MR) is 84.6 cm³/mol. The number of nitrogens with one attached hydrogen (secondary N) is 1. The topological polar surface area (TPSA) is 63.8 Å². The molecule has 0 aliphatic rings. The Labute approximate surface area is 124 Å². The Morgan fingerprint density at radius 1 is 1.14 bits per heavy atom. The highest BCUT2D eigenvalue weighted by atomic mass is 15.2. The Bertz CT molecular complexity index is 777. The fourth-order valence-electron chi connectivity index (χ4n) is 2.74. The van der Waals surface area contributed by atoms with E-state index in [2.05, 4.69) is 40.5 Å². The van der Waals surface area contributed by atoms with Gasteiger partial charge in [-0.25, -0.2) is 5.43 Å². The fourth-order valence-corrected chi connectivity index (χ4v) is 2.74. The Morgan fingerprint density at radius 2 is 2.00 bits per heavy atom. The van der Waals surface area contributed by atoms with Gasteiger partial charge in [-0.2, -0.15) is 0 Å². The normalized spacial score (nSPS) is 12.5. The molecule has 0 radical (unpaired) electrons. The highest BCUT2D eigenvalue weighted by Crippen LogP contribution is 2.28. The lowest BCUT2D eigenvalue weighted by atomic mass is 9.95. The minimum absolute atomic E-state index is 0.142. The lowest BCUT2D eigenvalue weighted by molar-refractivity contribution is 0.620. The van der Waals surface area contributed by atoms with E-state index in [9.17, 15) is 0 Å². The fraction of sp³-hybridized carbons (Fsp3) is 0.176. The third kappa shape index (κ3) is 2.51. The van der Waals surface area contributed by atoms with E-state index in [0.29, 0.717) is 0 Å². The van der Waals surface area contributed by atoms with Crippen molar-refractivity contribution in [2.24, 2.45) is 5.84 Å². The van der Waals surface area contributed by atoms with Crippen molar-refractivity contribution in [2.75, 3.05) is 0 Å². The maximum atomic E-state index is 5.83. The molecule has 0 aliphatic heterocycles. The number of hydrazine groups is 1. The molecule has 4 heteroatoms. The minimum Gasteiger partial charge on any atom is -0.271 e. The second-order valence-electron chi connectivity index (χ2n) is 5.26. The van der Waals surface area contributed by atoms with Crippen molar-refractivity contribution in [1.82, 2.24) is 15.4 Å². The van der Waals surface area contributed by atoms with Crippen molar-refractivity contribution in [1.29, 1.82) is 0 Å². The van der Waals surface area contributed by atoms with E-state index in [1.807, 2.05) is 31.5 Å². The first kappa shape index (κ1) is 13.7. The number of fused-ring (bicyclic) bond motifs is 1. The van der Waals surface area contributed by atoms with Crippen LogP contribution < -0.4 is 11.3 Å². The van der Waals surface area contributed by atoms with Crippen molar-refractivity contribution in [3.05, 3.63) is 71.3 Å². The van der Waals surface area contributed by atoms with Gasteiger partial charge < -0.3 is 0 Å². The van der Waals surface area contributed by atoms with Gasteiger partial charge in [0.1, 0.15) is 0 Å². The van der Waals surface area contributed by atoms with E-state index >= 15 is 0 Å². The van der Waals surface area contributed by atoms with Crippen LogP contribution in [0.2, 0.25) is 0 Å². The van der Waals surface area contributed by atoms with Gasteiger partial charge >= 0.3 is 0 Å². The van der Waals surface area contributed by atoms with Crippen molar-refractivity contribution >= 4 is 10.8 Å². The second-order valence-corrected chi connectivity index (χ2v) is 5.26. The first-order chi connectivity index (χ1) is 10.2. The summed E-state index contributed by atoms with van der Waals surface area (Å²) in [5, 5.41) is 2.23. The van der Waals surface area contributed by atoms with E-state index in [1.54, 1.807) is 6.20 Å². The van der Waals surface area contributed by atoms with Gasteiger partial charge in [0.2, 0.25) is 0 Å². The first-order valence-electron chi connectivity index (χ1n) is 6.92. The van der Waals surface area contributed by atoms with Gasteiger partial charge in [0, 0.05) is 24.0 Å². The molecular formula is C17H18N4. The quantitative estimate of drug-likeness (QED) is 0.571. The summed E-state index contributed by atoms with van der Waals surface area (Å²) in [6.45, 7) is 4.10. The Kier molecular flexibility index (Phi) is 3.64. The van der Waals surface area contributed by atoms with Crippen LogP contribution in [0.1, 0.15) is 28.4 Å². The molecule has 0 fully saturated rings. The maximum Gasteiger partial charge on any atom is 0.0890 e. The smallest absolute Gasteiger partial charge is 0.0890 e. The van der Waals surface area contributed by atoms with Crippen molar-refractivity contribution in [3.8, 4) is 0 Å². The number of hydrogen-bond acceptors (Lipinski definition) is 4. The molecule has 3 N–H and O–H groups in total. The lowest BCUT2D eigenvalue weighted by Gasteiger charge is -2.20.